The predicted octanol–water partition coefficient (Wildman–Crippen LogP) is 8.44. The van der Waals surface area contributed by atoms with E-state index in [9.17, 15) is 4.79 Å². The highest BCUT2D eigenvalue weighted by Gasteiger charge is 2.00. The molecule has 0 aromatic heterocycles. The zero-order valence-electron chi connectivity index (χ0n) is 19.6. The molecule has 0 rings (SSSR count). The molecule has 0 aliphatic heterocycles. The summed E-state index contributed by atoms with van der Waals surface area (Å²) in [5, 5.41) is 3.08. The van der Waals surface area contributed by atoms with Gasteiger partial charge in [-0.25, -0.2) is 0 Å². The number of allylic oxidation sites excluding steroid dienone is 6. The van der Waals surface area contributed by atoms with Crippen molar-refractivity contribution in [1.29, 1.82) is 0 Å². The van der Waals surface area contributed by atoms with Crippen LogP contribution < -0.4 is 5.32 Å². The van der Waals surface area contributed by atoms with E-state index in [4.69, 9.17) is 0 Å². The zero-order chi connectivity index (χ0) is 21.3. The van der Waals surface area contributed by atoms with Gasteiger partial charge in [0.05, 0.1) is 0 Å². The third kappa shape index (κ3) is 24.7. The lowest BCUT2D eigenvalue weighted by atomic mass is 10.1. The van der Waals surface area contributed by atoms with E-state index in [2.05, 4.69) is 55.6 Å². The monoisotopic (exact) mass is 403 g/mol. The van der Waals surface area contributed by atoms with Crippen molar-refractivity contribution < 1.29 is 4.79 Å². The summed E-state index contributed by atoms with van der Waals surface area (Å²) in [7, 11) is 0. The summed E-state index contributed by atoms with van der Waals surface area (Å²) in [5.41, 5.74) is 0. The number of unbranched alkanes of at least 4 members (excludes halogenated alkanes) is 11. The second-order valence-corrected chi connectivity index (χ2v) is 8.07. The van der Waals surface area contributed by atoms with Crippen molar-refractivity contribution in [2.45, 2.75) is 123 Å². The minimum Gasteiger partial charge on any atom is -0.356 e. The number of hydrogen-bond acceptors (Lipinski definition) is 1. The summed E-state index contributed by atoms with van der Waals surface area (Å²) in [6.45, 7) is 5.28. The van der Waals surface area contributed by atoms with Crippen molar-refractivity contribution in [1.82, 2.24) is 5.32 Å². The topological polar surface area (TPSA) is 29.1 Å². The Kier molecular flexibility index (Phi) is 23.6. The maximum atomic E-state index is 11.8. The second kappa shape index (κ2) is 24.7. The maximum absolute atomic E-state index is 11.8. The van der Waals surface area contributed by atoms with E-state index in [1.165, 1.54) is 70.6 Å². The van der Waals surface area contributed by atoms with Crippen LogP contribution in [-0.4, -0.2) is 12.5 Å². The van der Waals surface area contributed by atoms with E-state index < -0.39 is 0 Å². The molecule has 0 saturated heterocycles. The molecule has 2 heteroatoms. The Bertz CT molecular complexity index is 422. The van der Waals surface area contributed by atoms with Gasteiger partial charge >= 0.3 is 0 Å². The summed E-state index contributed by atoms with van der Waals surface area (Å²) in [5.74, 6) is 0.247. The summed E-state index contributed by atoms with van der Waals surface area (Å²) >= 11 is 0. The van der Waals surface area contributed by atoms with Gasteiger partial charge in [0.25, 0.3) is 0 Å². The third-order valence-electron chi connectivity index (χ3n) is 5.16. The molecule has 0 aliphatic carbocycles. The van der Waals surface area contributed by atoms with Crippen molar-refractivity contribution >= 4 is 5.91 Å². The van der Waals surface area contributed by atoms with E-state index in [1.807, 2.05) is 0 Å². The van der Waals surface area contributed by atoms with Crippen molar-refractivity contribution in [3.8, 4) is 0 Å². The number of rotatable bonds is 21. The first-order valence-corrected chi connectivity index (χ1v) is 12.5. The van der Waals surface area contributed by atoms with Crippen LogP contribution in [0.1, 0.15) is 123 Å². The van der Waals surface area contributed by atoms with E-state index in [-0.39, 0.29) is 5.91 Å². The van der Waals surface area contributed by atoms with Gasteiger partial charge in [-0.3, -0.25) is 4.79 Å². The highest BCUT2D eigenvalue weighted by Crippen LogP contribution is 2.09. The Labute approximate surface area is 182 Å². The van der Waals surface area contributed by atoms with E-state index >= 15 is 0 Å². The molecular formula is C27H49NO. The molecule has 0 saturated carbocycles. The Morgan fingerprint density at radius 2 is 1.17 bits per heavy atom. The second-order valence-electron chi connectivity index (χ2n) is 8.07. The average molecular weight is 404 g/mol. The molecule has 29 heavy (non-hydrogen) atoms. The smallest absolute Gasteiger partial charge is 0.219 e. The molecular weight excluding hydrogens is 354 g/mol. The molecule has 0 radical (unpaired) electrons. The molecule has 2 nitrogen and oxygen atoms in total. The van der Waals surface area contributed by atoms with E-state index in [0.717, 1.165) is 38.6 Å². The molecule has 1 N–H and O–H groups in total. The standard InChI is InChI=1S/C27H49NO/c1-3-5-7-9-11-12-13-14-15-16-17-18-19-21-23-25-27(29)28-26-24-22-20-10-8-6-4-2/h5,7,11-12,14-15H,3-4,6,8-10,13,16-26H2,1-2H3,(H,28,29)/b7-5-,12-11-,15-14-. The zero-order valence-corrected chi connectivity index (χ0v) is 19.6. The first kappa shape index (κ1) is 27.7. The van der Waals surface area contributed by atoms with Gasteiger partial charge in [0.2, 0.25) is 5.91 Å². The van der Waals surface area contributed by atoms with Gasteiger partial charge in [-0.2, -0.15) is 0 Å². The molecule has 0 aromatic carbocycles. The Morgan fingerprint density at radius 3 is 1.86 bits per heavy atom. The van der Waals surface area contributed by atoms with Crippen LogP contribution >= 0.6 is 0 Å². The van der Waals surface area contributed by atoms with Crippen LogP contribution in [-0.2, 0) is 4.79 Å². The number of hydrogen-bond donors (Lipinski definition) is 1. The summed E-state index contributed by atoms with van der Waals surface area (Å²) < 4.78 is 0. The van der Waals surface area contributed by atoms with Crippen molar-refractivity contribution in [2.75, 3.05) is 6.54 Å². The normalized spacial score (nSPS) is 11.9. The fourth-order valence-electron chi connectivity index (χ4n) is 3.30. The number of carbonyl (C=O) groups is 1. The lowest BCUT2D eigenvalue weighted by Gasteiger charge is -2.05. The molecule has 0 aromatic rings. The van der Waals surface area contributed by atoms with Crippen LogP contribution in [0.15, 0.2) is 36.5 Å². The maximum Gasteiger partial charge on any atom is 0.219 e. The molecule has 0 aliphatic rings. The summed E-state index contributed by atoms with van der Waals surface area (Å²) in [6, 6.07) is 0. The minimum absolute atomic E-state index is 0.247. The summed E-state index contributed by atoms with van der Waals surface area (Å²) in [4.78, 5) is 11.8. The molecule has 0 bridgehead atoms. The molecule has 1 amide bonds. The summed E-state index contributed by atoms with van der Waals surface area (Å²) in [6.07, 6.45) is 33.7. The molecule has 0 fully saturated rings. The SMILES string of the molecule is CC/C=C\C/C=C\C/C=C\CCCCCCCC(=O)NCCCCCCCCC. The third-order valence-corrected chi connectivity index (χ3v) is 5.16. The lowest BCUT2D eigenvalue weighted by Crippen LogP contribution is -2.23. The number of nitrogens with one attached hydrogen (secondary N) is 1. The molecule has 0 heterocycles. The Hall–Kier alpha value is -1.31. The van der Waals surface area contributed by atoms with Gasteiger partial charge in [-0.05, 0) is 44.9 Å². The first-order chi connectivity index (χ1) is 14.3. The Balaban J connectivity index is 3.28. The lowest BCUT2D eigenvalue weighted by molar-refractivity contribution is -0.121. The van der Waals surface area contributed by atoms with Gasteiger partial charge in [0.1, 0.15) is 0 Å². The molecule has 168 valence electrons. The van der Waals surface area contributed by atoms with Crippen molar-refractivity contribution in [3.05, 3.63) is 36.5 Å². The van der Waals surface area contributed by atoms with Crippen molar-refractivity contribution in [2.24, 2.45) is 0 Å². The van der Waals surface area contributed by atoms with Crippen LogP contribution in [0.3, 0.4) is 0 Å². The van der Waals surface area contributed by atoms with Gasteiger partial charge in [0.15, 0.2) is 0 Å². The molecule has 0 atom stereocenters. The van der Waals surface area contributed by atoms with Crippen LogP contribution in [0.4, 0.5) is 0 Å². The van der Waals surface area contributed by atoms with Crippen molar-refractivity contribution in [3.63, 3.8) is 0 Å². The molecule has 0 spiro atoms. The number of amides is 1. The van der Waals surface area contributed by atoms with E-state index in [0.29, 0.717) is 6.42 Å². The van der Waals surface area contributed by atoms with Gasteiger partial charge in [0, 0.05) is 13.0 Å². The van der Waals surface area contributed by atoms with Gasteiger partial charge in [-0.1, -0.05) is 108 Å². The quantitative estimate of drug-likeness (QED) is 0.151. The van der Waals surface area contributed by atoms with Gasteiger partial charge < -0.3 is 5.32 Å². The Morgan fingerprint density at radius 1 is 0.621 bits per heavy atom. The fraction of sp³-hybridized carbons (Fsp3) is 0.741. The van der Waals surface area contributed by atoms with Crippen LogP contribution in [0.2, 0.25) is 0 Å². The largest absolute Gasteiger partial charge is 0.356 e. The molecule has 0 unspecified atom stereocenters. The van der Waals surface area contributed by atoms with Crippen LogP contribution in [0.25, 0.3) is 0 Å². The first-order valence-electron chi connectivity index (χ1n) is 12.5. The van der Waals surface area contributed by atoms with Crippen LogP contribution in [0.5, 0.6) is 0 Å². The highest BCUT2D eigenvalue weighted by molar-refractivity contribution is 5.75. The average Bonchev–Trinajstić information content (AvgIpc) is 2.72. The predicted molar refractivity (Wildman–Crippen MR) is 130 cm³/mol. The minimum atomic E-state index is 0.247. The number of carbonyl (C=O) groups excluding carboxylic acids is 1. The fourth-order valence-corrected chi connectivity index (χ4v) is 3.30. The highest BCUT2D eigenvalue weighted by atomic mass is 16.1. The van der Waals surface area contributed by atoms with E-state index in [1.54, 1.807) is 0 Å². The van der Waals surface area contributed by atoms with Crippen LogP contribution in [0, 0.1) is 0 Å². The van der Waals surface area contributed by atoms with Gasteiger partial charge in [-0.15, -0.1) is 0 Å².